The predicted octanol–water partition coefficient (Wildman–Crippen LogP) is 19.6. The van der Waals surface area contributed by atoms with E-state index >= 15 is 0 Å². The van der Waals surface area contributed by atoms with E-state index in [0.29, 0.717) is 21.9 Å². The number of halogens is 3. The van der Waals surface area contributed by atoms with Gasteiger partial charge < -0.3 is 14.4 Å². The lowest BCUT2D eigenvalue weighted by molar-refractivity contribution is 0.00578. The maximum Gasteiger partial charge on any atom is 0.495 e. The molecular weight excluding hydrogens is 1000 g/mol. The van der Waals surface area contributed by atoms with Crippen molar-refractivity contribution in [3.8, 4) is 22.3 Å². The summed E-state index contributed by atoms with van der Waals surface area (Å²) in [6.07, 6.45) is 0. The first-order valence-corrected chi connectivity index (χ1v) is 27.4. The smallest absolute Gasteiger partial charge is 0.399 e. The zero-order chi connectivity index (χ0) is 53.7. The molecule has 0 amide bonds. The Balaban J connectivity index is 0.000000182. The van der Waals surface area contributed by atoms with Crippen LogP contribution in [0.15, 0.2) is 138 Å². The third-order valence-corrected chi connectivity index (χ3v) is 16.2. The van der Waals surface area contributed by atoms with Gasteiger partial charge in [-0.3, -0.25) is 0 Å². The lowest BCUT2D eigenvalue weighted by atomic mass is 9.70. The number of hydrogen-bond acceptors (Lipinski definition) is 3. The van der Waals surface area contributed by atoms with Crippen LogP contribution in [0, 0.1) is 6.92 Å². The van der Waals surface area contributed by atoms with Gasteiger partial charge in [0, 0.05) is 4.47 Å². The molecule has 1 aliphatic rings. The van der Waals surface area contributed by atoms with Gasteiger partial charge >= 0.3 is 7.12 Å². The molecular formula is C66H76BBrCl2O3. The van der Waals surface area contributed by atoms with Crippen molar-refractivity contribution in [1.82, 2.24) is 0 Å². The molecule has 8 aromatic carbocycles. The third kappa shape index (κ3) is 12.1. The number of aliphatic hydroxyl groups is 1. The Morgan fingerprint density at radius 1 is 0.534 bits per heavy atom. The average molecular weight is 1080 g/mol. The van der Waals surface area contributed by atoms with Crippen molar-refractivity contribution in [3.63, 3.8) is 0 Å². The number of benzene rings is 8. The molecule has 1 N–H and O–H groups in total. The van der Waals surface area contributed by atoms with E-state index in [9.17, 15) is 5.11 Å². The monoisotopic (exact) mass is 1080 g/mol. The largest absolute Gasteiger partial charge is 0.495 e. The van der Waals surface area contributed by atoms with Gasteiger partial charge in [0.1, 0.15) is 0 Å². The average Bonchev–Trinajstić information content (AvgIpc) is 3.53. The van der Waals surface area contributed by atoms with Gasteiger partial charge in [0.25, 0.3) is 0 Å². The standard InChI is InChI=1S/C34H32Cl2.C22H31BO2.C10H13BrO/c1-33(2,3)23-15-11-21(12-16-23)31-25-9-7-8-10-26(25)32(28-20-30(36)29(35)19-27(28)31)22-13-17-24(18-14-22)34(4,5)6;1-14(2)17-10-9-16-11-12-18(15(3)4)20(19(16)13-17)23-24-21(5,6)22(7,8)25-23;1-7-4-5-9(11)8(6-7)10(2,3)12/h7-20H,1-6H3;9-15H,1-8H3;4-6,12H,1-3H3. The third-order valence-electron chi connectivity index (χ3n) is 14.8. The van der Waals surface area contributed by atoms with Gasteiger partial charge in [0.05, 0.1) is 26.8 Å². The molecule has 9 rings (SSSR count). The molecule has 0 atom stereocenters. The summed E-state index contributed by atoms with van der Waals surface area (Å²) >= 11 is 16.6. The molecule has 0 saturated carbocycles. The molecule has 0 unspecified atom stereocenters. The second kappa shape index (κ2) is 21.3. The van der Waals surface area contributed by atoms with E-state index in [1.165, 1.54) is 71.5 Å². The molecule has 0 spiro atoms. The van der Waals surface area contributed by atoms with Crippen LogP contribution in [0.2, 0.25) is 10.0 Å². The molecule has 0 aliphatic carbocycles. The Labute approximate surface area is 456 Å². The van der Waals surface area contributed by atoms with Crippen molar-refractivity contribution < 1.29 is 14.4 Å². The highest BCUT2D eigenvalue weighted by molar-refractivity contribution is 9.10. The molecule has 0 aromatic heterocycles. The van der Waals surface area contributed by atoms with Crippen LogP contribution in [0.3, 0.4) is 0 Å². The normalized spacial score (nSPS) is 14.7. The van der Waals surface area contributed by atoms with E-state index in [1.807, 2.05) is 37.3 Å². The fraction of sp³-hybridized carbons (Fsp3) is 0.364. The summed E-state index contributed by atoms with van der Waals surface area (Å²) in [6.45, 7) is 36.5. The Hall–Kier alpha value is -4.46. The minimum atomic E-state index is -0.773. The van der Waals surface area contributed by atoms with Crippen LogP contribution in [0.25, 0.3) is 54.6 Å². The maximum atomic E-state index is 9.76. The van der Waals surface area contributed by atoms with Gasteiger partial charge in [-0.15, -0.1) is 0 Å². The quantitative estimate of drug-likeness (QED) is 0.133. The number of hydrogen-bond donors (Lipinski definition) is 1. The molecule has 1 fully saturated rings. The van der Waals surface area contributed by atoms with Crippen LogP contribution < -0.4 is 5.46 Å². The van der Waals surface area contributed by atoms with Crippen LogP contribution in [0.5, 0.6) is 0 Å². The highest BCUT2D eigenvalue weighted by atomic mass is 79.9. The molecule has 3 nitrogen and oxygen atoms in total. The lowest BCUT2D eigenvalue weighted by Crippen LogP contribution is -2.41. The fourth-order valence-electron chi connectivity index (χ4n) is 9.64. The van der Waals surface area contributed by atoms with Crippen molar-refractivity contribution in [1.29, 1.82) is 0 Å². The minimum absolute atomic E-state index is 0.0998. The molecule has 7 heteroatoms. The van der Waals surface area contributed by atoms with E-state index in [0.717, 1.165) is 26.4 Å². The van der Waals surface area contributed by atoms with Crippen molar-refractivity contribution in [2.24, 2.45) is 0 Å². The first-order valence-electron chi connectivity index (χ1n) is 25.9. The summed E-state index contributed by atoms with van der Waals surface area (Å²) in [5, 5.41) is 18.1. The van der Waals surface area contributed by atoms with Crippen LogP contribution in [-0.4, -0.2) is 23.4 Å². The molecule has 382 valence electrons. The first kappa shape index (κ1) is 56.3. The summed E-state index contributed by atoms with van der Waals surface area (Å²) < 4.78 is 13.8. The number of fused-ring (bicyclic) bond motifs is 3. The van der Waals surface area contributed by atoms with Crippen molar-refractivity contribution in [2.75, 3.05) is 0 Å². The van der Waals surface area contributed by atoms with Gasteiger partial charge in [-0.05, 0) is 177 Å². The summed E-state index contributed by atoms with van der Waals surface area (Å²) in [5.74, 6) is 0.916. The summed E-state index contributed by atoms with van der Waals surface area (Å²) in [5.41, 5.74) is 12.1. The molecule has 1 heterocycles. The second-order valence-corrected chi connectivity index (χ2v) is 25.9. The van der Waals surface area contributed by atoms with Crippen molar-refractivity contribution in [3.05, 3.63) is 181 Å². The molecule has 0 radical (unpaired) electrons. The highest BCUT2D eigenvalue weighted by Gasteiger charge is 2.52. The van der Waals surface area contributed by atoms with E-state index in [2.05, 4.69) is 216 Å². The van der Waals surface area contributed by atoms with Gasteiger partial charge in [0.2, 0.25) is 0 Å². The summed E-state index contributed by atoms with van der Waals surface area (Å²) in [7, 11) is -0.325. The van der Waals surface area contributed by atoms with Crippen LogP contribution >= 0.6 is 39.1 Å². The van der Waals surface area contributed by atoms with E-state index < -0.39 is 5.60 Å². The van der Waals surface area contributed by atoms with Gasteiger partial charge in [0.15, 0.2) is 0 Å². The van der Waals surface area contributed by atoms with Crippen LogP contribution in [0.4, 0.5) is 0 Å². The van der Waals surface area contributed by atoms with E-state index in [-0.39, 0.29) is 29.2 Å². The maximum absolute atomic E-state index is 9.76. The number of aryl methyl sites for hydroxylation is 1. The Morgan fingerprint density at radius 2 is 0.986 bits per heavy atom. The minimum Gasteiger partial charge on any atom is -0.399 e. The van der Waals surface area contributed by atoms with Crippen molar-refractivity contribution >= 4 is 84.0 Å². The lowest BCUT2D eigenvalue weighted by Gasteiger charge is -2.32. The second-order valence-electron chi connectivity index (χ2n) is 24.3. The fourth-order valence-corrected chi connectivity index (χ4v) is 10.7. The van der Waals surface area contributed by atoms with Crippen LogP contribution in [-0.2, 0) is 25.7 Å². The van der Waals surface area contributed by atoms with Crippen molar-refractivity contribution in [2.45, 2.75) is 157 Å². The molecule has 1 aliphatic heterocycles. The molecule has 8 aromatic rings. The Bertz CT molecular complexity index is 3130. The number of rotatable bonds is 6. The zero-order valence-electron chi connectivity index (χ0n) is 46.3. The molecule has 0 bridgehead atoms. The van der Waals surface area contributed by atoms with E-state index in [4.69, 9.17) is 32.5 Å². The zero-order valence-corrected chi connectivity index (χ0v) is 49.4. The van der Waals surface area contributed by atoms with Crippen LogP contribution in [0.1, 0.15) is 156 Å². The highest BCUT2D eigenvalue weighted by Crippen LogP contribution is 2.47. The topological polar surface area (TPSA) is 38.7 Å². The van der Waals surface area contributed by atoms with Gasteiger partial charge in [-0.1, -0.05) is 229 Å². The Kier molecular flexibility index (Phi) is 16.4. The molecule has 1 saturated heterocycles. The predicted molar refractivity (Wildman–Crippen MR) is 322 cm³/mol. The Morgan fingerprint density at radius 3 is 1.38 bits per heavy atom. The first-order chi connectivity index (χ1) is 33.9. The molecule has 73 heavy (non-hydrogen) atoms. The SMILES string of the molecule is CC(C)(C)c1ccc(-c2c3ccccc3c(-c3ccc(C(C)(C)C)cc3)c3cc(Cl)c(Cl)cc23)cc1.CC(C)c1ccc2ccc(C(C)C)c(B3OC(C)(C)C(C)(C)O3)c2c1.Cc1ccc(Br)c(C(C)(C)O)c1. The van der Waals surface area contributed by atoms with Gasteiger partial charge in [-0.2, -0.15) is 0 Å². The summed E-state index contributed by atoms with van der Waals surface area (Å²) in [4.78, 5) is 0. The summed E-state index contributed by atoms with van der Waals surface area (Å²) in [6, 6.07) is 47.9. The van der Waals surface area contributed by atoms with Gasteiger partial charge in [-0.25, -0.2) is 0 Å². The van der Waals surface area contributed by atoms with E-state index in [1.54, 1.807) is 13.8 Å².